The molecule has 0 radical (unpaired) electrons. The molecule has 0 aromatic heterocycles. The largest absolute Gasteiger partial charge is 0.411 e. The van der Waals surface area contributed by atoms with Gasteiger partial charge in [-0.1, -0.05) is 31.3 Å². The van der Waals surface area contributed by atoms with E-state index in [2.05, 4.69) is 5.16 Å². The molecule has 2 fully saturated rings. The molecule has 1 aliphatic heterocycles. The van der Waals surface area contributed by atoms with Crippen molar-refractivity contribution in [3.05, 3.63) is 0 Å². The van der Waals surface area contributed by atoms with Crippen molar-refractivity contribution in [3.8, 4) is 0 Å². The van der Waals surface area contributed by atoms with Crippen LogP contribution >= 0.6 is 0 Å². The lowest BCUT2D eigenvalue weighted by Crippen LogP contribution is -2.45. The van der Waals surface area contributed by atoms with Gasteiger partial charge in [-0.05, 0) is 25.2 Å². The zero-order chi connectivity index (χ0) is 14.6. The number of hydrogen-bond acceptors (Lipinski definition) is 4. The summed E-state index contributed by atoms with van der Waals surface area (Å²) in [6.45, 7) is 2.95. The van der Waals surface area contributed by atoms with Gasteiger partial charge < -0.3 is 5.21 Å². The Bertz CT molecular complexity index is 441. The first-order valence-electron chi connectivity index (χ1n) is 7.75. The molecule has 0 aromatic rings. The quantitative estimate of drug-likeness (QED) is 0.640. The van der Waals surface area contributed by atoms with Crippen LogP contribution in [-0.4, -0.2) is 42.5 Å². The van der Waals surface area contributed by atoms with Crippen LogP contribution in [0.25, 0.3) is 0 Å². The summed E-state index contributed by atoms with van der Waals surface area (Å²) < 4.78 is 26.7. The molecule has 6 heteroatoms. The van der Waals surface area contributed by atoms with Gasteiger partial charge in [-0.2, -0.15) is 0 Å². The third kappa shape index (κ3) is 3.73. The fourth-order valence-electron chi connectivity index (χ4n) is 3.39. The molecule has 0 amide bonds. The number of piperidine rings is 1. The molecular weight excluding hydrogens is 276 g/mol. The summed E-state index contributed by atoms with van der Waals surface area (Å²) in [6, 6.07) is 0. The van der Waals surface area contributed by atoms with E-state index in [1.165, 1.54) is 19.3 Å². The molecule has 1 N–H and O–H groups in total. The van der Waals surface area contributed by atoms with Gasteiger partial charge in [0.2, 0.25) is 10.0 Å². The minimum atomic E-state index is -3.16. The summed E-state index contributed by atoms with van der Waals surface area (Å²) in [7, 11) is -3.16. The Morgan fingerprint density at radius 3 is 2.60 bits per heavy atom. The van der Waals surface area contributed by atoms with Crippen LogP contribution < -0.4 is 0 Å². The maximum atomic E-state index is 12.5. The zero-order valence-electron chi connectivity index (χ0n) is 12.3. The number of sulfonamides is 1. The van der Waals surface area contributed by atoms with Crippen molar-refractivity contribution >= 4 is 15.7 Å². The molecule has 1 saturated heterocycles. The summed E-state index contributed by atoms with van der Waals surface area (Å²) in [6.07, 6.45) is 7.04. The molecule has 1 saturated carbocycles. The molecule has 5 nitrogen and oxygen atoms in total. The first-order chi connectivity index (χ1) is 9.56. The Hall–Kier alpha value is -0.620. The van der Waals surface area contributed by atoms with Crippen LogP contribution in [0.2, 0.25) is 0 Å². The molecule has 116 valence electrons. The third-order valence-electron chi connectivity index (χ3n) is 4.70. The van der Waals surface area contributed by atoms with Gasteiger partial charge in [0.25, 0.3) is 0 Å². The Balaban J connectivity index is 1.98. The molecule has 1 unspecified atom stereocenters. The predicted octanol–water partition coefficient (Wildman–Crippen LogP) is 2.46. The van der Waals surface area contributed by atoms with E-state index in [0.717, 1.165) is 25.0 Å². The van der Waals surface area contributed by atoms with Crippen LogP contribution in [0.5, 0.6) is 0 Å². The van der Waals surface area contributed by atoms with E-state index in [4.69, 9.17) is 5.21 Å². The molecule has 1 heterocycles. The number of nitrogens with zero attached hydrogens (tertiary/aromatic N) is 2. The smallest absolute Gasteiger partial charge is 0.214 e. The minimum Gasteiger partial charge on any atom is -0.411 e. The van der Waals surface area contributed by atoms with E-state index >= 15 is 0 Å². The highest BCUT2D eigenvalue weighted by atomic mass is 32.2. The van der Waals surface area contributed by atoms with Crippen LogP contribution in [-0.2, 0) is 10.0 Å². The zero-order valence-corrected chi connectivity index (χ0v) is 13.1. The molecule has 0 bridgehead atoms. The maximum Gasteiger partial charge on any atom is 0.214 e. The summed E-state index contributed by atoms with van der Waals surface area (Å²) in [4.78, 5) is 0. The van der Waals surface area contributed by atoms with Gasteiger partial charge in [-0.15, -0.1) is 0 Å². The van der Waals surface area contributed by atoms with Crippen molar-refractivity contribution in [1.82, 2.24) is 4.31 Å². The molecule has 0 spiro atoms. The number of hydrogen-bond donors (Lipinski definition) is 1. The highest BCUT2D eigenvalue weighted by Gasteiger charge is 2.33. The molecule has 2 aliphatic rings. The lowest BCUT2D eigenvalue weighted by molar-refractivity contribution is 0.294. The van der Waals surface area contributed by atoms with Gasteiger partial charge in [-0.3, -0.25) is 0 Å². The average Bonchev–Trinajstić information content (AvgIpc) is 2.47. The van der Waals surface area contributed by atoms with E-state index in [1.54, 1.807) is 4.31 Å². The fourth-order valence-corrected chi connectivity index (χ4v) is 5.31. The monoisotopic (exact) mass is 302 g/mol. The van der Waals surface area contributed by atoms with Crippen molar-refractivity contribution in [2.45, 2.75) is 51.9 Å². The van der Waals surface area contributed by atoms with Crippen molar-refractivity contribution in [2.75, 3.05) is 18.8 Å². The van der Waals surface area contributed by atoms with Gasteiger partial charge in [0.05, 0.1) is 11.5 Å². The van der Waals surface area contributed by atoms with Crippen LogP contribution in [0.15, 0.2) is 5.16 Å². The molecule has 20 heavy (non-hydrogen) atoms. The van der Waals surface area contributed by atoms with Gasteiger partial charge in [0.1, 0.15) is 0 Å². The highest BCUT2D eigenvalue weighted by molar-refractivity contribution is 7.89. The SMILES string of the molecule is CCC1CN(S(=O)(=O)CC2CCCCC2)CCC1=NO. The lowest BCUT2D eigenvalue weighted by atomic mass is 9.91. The van der Waals surface area contributed by atoms with Gasteiger partial charge in [0, 0.05) is 25.4 Å². The second-order valence-electron chi connectivity index (χ2n) is 6.09. The summed E-state index contributed by atoms with van der Waals surface area (Å²) >= 11 is 0. The third-order valence-corrected chi connectivity index (χ3v) is 6.71. The van der Waals surface area contributed by atoms with E-state index in [1.807, 2.05) is 6.92 Å². The Morgan fingerprint density at radius 1 is 1.30 bits per heavy atom. The van der Waals surface area contributed by atoms with Gasteiger partial charge in [-0.25, -0.2) is 12.7 Å². The van der Waals surface area contributed by atoms with Crippen molar-refractivity contribution in [2.24, 2.45) is 17.0 Å². The average molecular weight is 302 g/mol. The minimum absolute atomic E-state index is 0.0647. The normalized spacial score (nSPS) is 28.9. The Kier molecular flexibility index (Phi) is 5.43. The van der Waals surface area contributed by atoms with E-state index in [-0.39, 0.29) is 5.92 Å². The van der Waals surface area contributed by atoms with Crippen molar-refractivity contribution in [3.63, 3.8) is 0 Å². The van der Waals surface area contributed by atoms with Crippen molar-refractivity contribution in [1.29, 1.82) is 0 Å². The number of rotatable bonds is 4. The highest BCUT2D eigenvalue weighted by Crippen LogP contribution is 2.27. The number of oxime groups is 1. The second kappa shape index (κ2) is 6.89. The molecule has 1 atom stereocenters. The van der Waals surface area contributed by atoms with Crippen LogP contribution in [0.4, 0.5) is 0 Å². The van der Waals surface area contributed by atoms with E-state index < -0.39 is 10.0 Å². The molecule has 2 rings (SSSR count). The Morgan fingerprint density at radius 2 is 2.00 bits per heavy atom. The molecular formula is C14H26N2O3S. The first-order valence-corrected chi connectivity index (χ1v) is 9.36. The van der Waals surface area contributed by atoms with Crippen LogP contribution in [0.1, 0.15) is 51.9 Å². The second-order valence-corrected chi connectivity index (χ2v) is 8.10. The predicted molar refractivity (Wildman–Crippen MR) is 79.6 cm³/mol. The summed E-state index contributed by atoms with van der Waals surface area (Å²) in [5.74, 6) is 0.700. The van der Waals surface area contributed by atoms with E-state index in [9.17, 15) is 8.42 Å². The summed E-state index contributed by atoms with van der Waals surface area (Å²) in [5.41, 5.74) is 0.747. The standard InChI is InChI=1S/C14H26N2O3S/c1-2-13-10-16(9-8-14(13)15-17)20(18,19)11-12-6-4-3-5-7-12/h12-13,17H,2-11H2,1H3. The van der Waals surface area contributed by atoms with Crippen LogP contribution in [0, 0.1) is 11.8 Å². The van der Waals surface area contributed by atoms with Gasteiger partial charge >= 0.3 is 0 Å². The van der Waals surface area contributed by atoms with Crippen LogP contribution in [0.3, 0.4) is 0 Å². The fraction of sp³-hybridized carbons (Fsp3) is 0.929. The lowest BCUT2D eigenvalue weighted by Gasteiger charge is -2.33. The van der Waals surface area contributed by atoms with E-state index in [0.29, 0.717) is 31.2 Å². The Labute approximate surface area is 122 Å². The first kappa shape index (κ1) is 15.8. The van der Waals surface area contributed by atoms with Gasteiger partial charge in [0.15, 0.2) is 0 Å². The topological polar surface area (TPSA) is 70.0 Å². The molecule has 1 aliphatic carbocycles. The molecule has 0 aromatic carbocycles. The van der Waals surface area contributed by atoms with Crippen molar-refractivity contribution < 1.29 is 13.6 Å². The summed E-state index contributed by atoms with van der Waals surface area (Å²) in [5, 5.41) is 12.3. The maximum absolute atomic E-state index is 12.5.